The SMILES string of the molecule is CN(C)CC1(O)CCN(C(=O)[C@@]2(C)CCCCO2)CC1. The van der Waals surface area contributed by atoms with Crippen LogP contribution in [0.15, 0.2) is 0 Å². The summed E-state index contributed by atoms with van der Waals surface area (Å²) >= 11 is 0. The van der Waals surface area contributed by atoms with Gasteiger partial charge in [-0.05, 0) is 53.1 Å². The second kappa shape index (κ2) is 6.00. The summed E-state index contributed by atoms with van der Waals surface area (Å²) in [7, 11) is 3.93. The zero-order valence-electron chi connectivity index (χ0n) is 13.0. The Morgan fingerprint density at radius 2 is 1.90 bits per heavy atom. The summed E-state index contributed by atoms with van der Waals surface area (Å²) in [6.45, 7) is 4.50. The van der Waals surface area contributed by atoms with Crippen LogP contribution in [0.1, 0.15) is 39.0 Å². The Morgan fingerprint density at radius 3 is 2.40 bits per heavy atom. The first-order valence-electron chi connectivity index (χ1n) is 7.65. The number of hydrogen-bond acceptors (Lipinski definition) is 4. The van der Waals surface area contributed by atoms with E-state index in [9.17, 15) is 9.90 Å². The average Bonchev–Trinajstić information content (AvgIpc) is 2.38. The Labute approximate surface area is 121 Å². The molecule has 0 radical (unpaired) electrons. The third-order valence-corrected chi connectivity index (χ3v) is 4.51. The molecule has 5 nitrogen and oxygen atoms in total. The van der Waals surface area contributed by atoms with Crippen LogP contribution in [0.5, 0.6) is 0 Å². The molecule has 1 N–H and O–H groups in total. The second-order valence-corrected chi connectivity index (χ2v) is 6.79. The van der Waals surface area contributed by atoms with Gasteiger partial charge in [-0.1, -0.05) is 0 Å². The largest absolute Gasteiger partial charge is 0.388 e. The molecule has 0 saturated carbocycles. The molecule has 116 valence electrons. The number of carbonyl (C=O) groups is 1. The Hall–Kier alpha value is -0.650. The highest BCUT2D eigenvalue weighted by Gasteiger charge is 2.42. The van der Waals surface area contributed by atoms with Gasteiger partial charge in [0.15, 0.2) is 0 Å². The van der Waals surface area contributed by atoms with Gasteiger partial charge in [-0.25, -0.2) is 0 Å². The van der Waals surface area contributed by atoms with Crippen LogP contribution in [0.25, 0.3) is 0 Å². The first kappa shape index (κ1) is 15.7. The number of aliphatic hydroxyl groups is 1. The minimum Gasteiger partial charge on any atom is -0.388 e. The van der Waals surface area contributed by atoms with Crippen molar-refractivity contribution in [3.8, 4) is 0 Å². The maximum atomic E-state index is 12.6. The molecule has 0 unspecified atom stereocenters. The van der Waals surface area contributed by atoms with Gasteiger partial charge < -0.3 is 19.6 Å². The molecule has 2 rings (SSSR count). The lowest BCUT2D eigenvalue weighted by Crippen LogP contribution is -2.56. The molecule has 2 aliphatic rings. The van der Waals surface area contributed by atoms with E-state index in [1.807, 2.05) is 30.8 Å². The zero-order chi connectivity index (χ0) is 14.8. The Morgan fingerprint density at radius 1 is 1.25 bits per heavy atom. The maximum absolute atomic E-state index is 12.6. The Kier molecular flexibility index (Phi) is 4.72. The van der Waals surface area contributed by atoms with E-state index >= 15 is 0 Å². The normalized spacial score (nSPS) is 30.6. The highest BCUT2D eigenvalue weighted by atomic mass is 16.5. The number of likely N-dealkylation sites (N-methyl/N-ethyl adjacent to an activating group) is 1. The van der Waals surface area contributed by atoms with Gasteiger partial charge in [-0.15, -0.1) is 0 Å². The van der Waals surface area contributed by atoms with Gasteiger partial charge in [0.2, 0.25) is 0 Å². The van der Waals surface area contributed by atoms with E-state index in [1.165, 1.54) is 0 Å². The van der Waals surface area contributed by atoms with Crippen LogP contribution in [-0.2, 0) is 9.53 Å². The van der Waals surface area contributed by atoms with Gasteiger partial charge in [-0.2, -0.15) is 0 Å². The summed E-state index contributed by atoms with van der Waals surface area (Å²) in [5.74, 6) is 0.101. The molecule has 20 heavy (non-hydrogen) atoms. The van der Waals surface area contributed by atoms with Crippen LogP contribution in [0.2, 0.25) is 0 Å². The monoisotopic (exact) mass is 284 g/mol. The molecule has 2 aliphatic heterocycles. The van der Waals surface area contributed by atoms with Crippen LogP contribution in [-0.4, -0.2) is 72.4 Å². The highest BCUT2D eigenvalue weighted by molar-refractivity contribution is 5.85. The van der Waals surface area contributed by atoms with E-state index in [2.05, 4.69) is 0 Å². The molecule has 2 saturated heterocycles. The fourth-order valence-electron chi connectivity index (χ4n) is 3.31. The van der Waals surface area contributed by atoms with Crippen molar-refractivity contribution in [2.45, 2.75) is 50.2 Å². The summed E-state index contributed by atoms with van der Waals surface area (Å²) in [5.41, 5.74) is -1.30. The van der Waals surface area contributed by atoms with E-state index in [-0.39, 0.29) is 5.91 Å². The van der Waals surface area contributed by atoms with Crippen LogP contribution < -0.4 is 0 Å². The third kappa shape index (κ3) is 3.51. The van der Waals surface area contributed by atoms with E-state index in [0.29, 0.717) is 39.1 Å². The molecule has 0 bridgehead atoms. The number of piperidine rings is 1. The van der Waals surface area contributed by atoms with Gasteiger partial charge >= 0.3 is 0 Å². The van der Waals surface area contributed by atoms with E-state index in [4.69, 9.17) is 4.74 Å². The van der Waals surface area contributed by atoms with Crippen LogP contribution in [0, 0.1) is 0 Å². The Bertz CT molecular complexity index is 343. The lowest BCUT2D eigenvalue weighted by molar-refractivity contribution is -0.165. The second-order valence-electron chi connectivity index (χ2n) is 6.79. The first-order valence-corrected chi connectivity index (χ1v) is 7.65. The zero-order valence-corrected chi connectivity index (χ0v) is 13.0. The van der Waals surface area contributed by atoms with E-state index in [0.717, 1.165) is 19.3 Å². The first-order chi connectivity index (χ1) is 9.35. The van der Waals surface area contributed by atoms with Crippen molar-refractivity contribution < 1.29 is 14.6 Å². The number of carbonyl (C=O) groups excluding carboxylic acids is 1. The summed E-state index contributed by atoms with van der Waals surface area (Å²) in [4.78, 5) is 16.5. The number of ether oxygens (including phenoxy) is 1. The van der Waals surface area contributed by atoms with Gasteiger partial charge in [0.05, 0.1) is 5.60 Å². The summed E-state index contributed by atoms with van der Waals surface area (Å²) < 4.78 is 5.74. The van der Waals surface area contributed by atoms with Crippen LogP contribution in [0.4, 0.5) is 0 Å². The fourth-order valence-corrected chi connectivity index (χ4v) is 3.31. The predicted molar refractivity (Wildman–Crippen MR) is 77.5 cm³/mol. The molecular weight excluding hydrogens is 256 g/mol. The summed E-state index contributed by atoms with van der Waals surface area (Å²) in [6.07, 6.45) is 4.20. The quantitative estimate of drug-likeness (QED) is 0.835. The van der Waals surface area contributed by atoms with Crippen molar-refractivity contribution in [3.63, 3.8) is 0 Å². The van der Waals surface area contributed by atoms with Crippen molar-refractivity contribution >= 4 is 5.91 Å². The minimum atomic E-state index is -0.658. The van der Waals surface area contributed by atoms with Gasteiger partial charge in [0.1, 0.15) is 5.60 Å². The fraction of sp³-hybridized carbons (Fsp3) is 0.933. The van der Waals surface area contributed by atoms with Crippen LogP contribution >= 0.6 is 0 Å². The minimum absolute atomic E-state index is 0.101. The topological polar surface area (TPSA) is 53.0 Å². The van der Waals surface area contributed by atoms with Crippen molar-refractivity contribution in [2.24, 2.45) is 0 Å². The molecule has 0 aromatic carbocycles. The molecule has 0 aromatic rings. The van der Waals surface area contributed by atoms with Crippen molar-refractivity contribution in [1.82, 2.24) is 9.80 Å². The molecule has 2 fully saturated rings. The number of rotatable bonds is 3. The van der Waals surface area contributed by atoms with Gasteiger partial charge in [0.25, 0.3) is 5.91 Å². The van der Waals surface area contributed by atoms with Gasteiger partial charge in [0, 0.05) is 26.2 Å². The average molecular weight is 284 g/mol. The molecule has 5 heteroatoms. The third-order valence-electron chi connectivity index (χ3n) is 4.51. The number of amides is 1. The molecule has 0 spiro atoms. The lowest BCUT2D eigenvalue weighted by Gasteiger charge is -2.43. The standard InChI is InChI=1S/C15H28N2O3/c1-14(6-4-5-11-20-14)13(18)17-9-7-15(19,8-10-17)12-16(2)3/h19H,4-12H2,1-3H3/t14-/m1/s1. The van der Waals surface area contributed by atoms with Crippen molar-refractivity contribution in [2.75, 3.05) is 40.3 Å². The van der Waals surface area contributed by atoms with E-state index < -0.39 is 11.2 Å². The number of likely N-dealkylation sites (tertiary alicyclic amines) is 1. The van der Waals surface area contributed by atoms with Crippen LogP contribution in [0.3, 0.4) is 0 Å². The molecule has 1 atom stereocenters. The number of nitrogens with zero attached hydrogens (tertiary/aromatic N) is 2. The van der Waals surface area contributed by atoms with E-state index in [1.54, 1.807) is 0 Å². The predicted octanol–water partition coefficient (Wildman–Crippen LogP) is 0.861. The highest BCUT2D eigenvalue weighted by Crippen LogP contribution is 2.30. The van der Waals surface area contributed by atoms with Gasteiger partial charge in [-0.3, -0.25) is 4.79 Å². The molecule has 2 heterocycles. The maximum Gasteiger partial charge on any atom is 0.254 e. The lowest BCUT2D eigenvalue weighted by atomic mass is 9.88. The summed E-state index contributed by atoms with van der Waals surface area (Å²) in [5, 5.41) is 10.5. The smallest absolute Gasteiger partial charge is 0.254 e. The number of hydrogen-bond donors (Lipinski definition) is 1. The van der Waals surface area contributed by atoms with Crippen molar-refractivity contribution in [3.05, 3.63) is 0 Å². The molecular formula is C15H28N2O3. The molecule has 0 aromatic heterocycles. The molecule has 1 amide bonds. The van der Waals surface area contributed by atoms with Crippen molar-refractivity contribution in [1.29, 1.82) is 0 Å². The molecule has 0 aliphatic carbocycles. The Balaban J connectivity index is 1.91. The summed E-state index contributed by atoms with van der Waals surface area (Å²) in [6, 6.07) is 0.